The highest BCUT2D eigenvalue weighted by Gasteiger charge is 2.27. The Kier molecular flexibility index (Phi) is 3.44. The first-order chi connectivity index (χ1) is 9.14. The van der Waals surface area contributed by atoms with Gasteiger partial charge in [0.15, 0.2) is 5.82 Å². The van der Waals surface area contributed by atoms with Gasteiger partial charge in [-0.25, -0.2) is 0 Å². The highest BCUT2D eigenvalue weighted by molar-refractivity contribution is 5.39. The zero-order chi connectivity index (χ0) is 13.3. The van der Waals surface area contributed by atoms with Crippen LogP contribution in [0, 0.1) is 0 Å². The summed E-state index contributed by atoms with van der Waals surface area (Å²) in [5.41, 5.74) is 1.35. The van der Waals surface area contributed by atoms with E-state index in [0.29, 0.717) is 5.92 Å². The maximum atomic E-state index is 4.47. The van der Waals surface area contributed by atoms with Crippen molar-refractivity contribution >= 4 is 5.82 Å². The van der Waals surface area contributed by atoms with E-state index < -0.39 is 0 Å². The molecule has 4 heteroatoms. The minimum atomic E-state index is 0.157. The molecule has 2 heterocycles. The summed E-state index contributed by atoms with van der Waals surface area (Å²) >= 11 is 0. The molecule has 4 nitrogen and oxygen atoms in total. The van der Waals surface area contributed by atoms with Crippen LogP contribution in [0.1, 0.15) is 51.1 Å². The van der Waals surface area contributed by atoms with Crippen molar-refractivity contribution in [2.24, 2.45) is 0 Å². The molecule has 3 rings (SSSR count). The van der Waals surface area contributed by atoms with Crippen molar-refractivity contribution in [3.8, 4) is 0 Å². The summed E-state index contributed by atoms with van der Waals surface area (Å²) in [7, 11) is 0. The van der Waals surface area contributed by atoms with Gasteiger partial charge in [0.05, 0.1) is 5.69 Å². The minimum Gasteiger partial charge on any atom is -0.352 e. The Labute approximate surface area is 115 Å². The van der Waals surface area contributed by atoms with Gasteiger partial charge < -0.3 is 10.2 Å². The third-order valence-corrected chi connectivity index (χ3v) is 4.34. The zero-order valence-electron chi connectivity index (χ0n) is 12.0. The maximum absolute atomic E-state index is 4.47. The summed E-state index contributed by atoms with van der Waals surface area (Å²) in [5.74, 6) is 1.68. The number of nitrogens with one attached hydrogen (secondary N) is 1. The van der Waals surface area contributed by atoms with Gasteiger partial charge in [-0.15, -0.1) is 5.10 Å². The highest BCUT2D eigenvalue weighted by atomic mass is 15.3. The Morgan fingerprint density at radius 3 is 2.63 bits per heavy atom. The van der Waals surface area contributed by atoms with Crippen LogP contribution in [0.3, 0.4) is 0 Å². The van der Waals surface area contributed by atoms with Crippen LogP contribution in [0.5, 0.6) is 0 Å². The molecule has 0 radical (unpaired) electrons. The van der Waals surface area contributed by atoms with E-state index in [9.17, 15) is 0 Å². The second-order valence-corrected chi connectivity index (χ2v) is 6.53. The van der Waals surface area contributed by atoms with Crippen molar-refractivity contribution in [2.45, 2.75) is 51.0 Å². The number of anilines is 1. The molecule has 1 saturated heterocycles. The number of piperazine rings is 1. The molecule has 0 spiro atoms. The molecular formula is C15H24N4. The van der Waals surface area contributed by atoms with Crippen molar-refractivity contribution in [2.75, 3.05) is 24.5 Å². The van der Waals surface area contributed by atoms with Crippen molar-refractivity contribution < 1.29 is 0 Å². The molecule has 0 bridgehead atoms. The molecule has 0 atom stereocenters. The van der Waals surface area contributed by atoms with Crippen LogP contribution in [0.15, 0.2) is 12.1 Å². The van der Waals surface area contributed by atoms with Crippen LogP contribution in [-0.2, 0) is 0 Å². The van der Waals surface area contributed by atoms with E-state index in [4.69, 9.17) is 0 Å². The van der Waals surface area contributed by atoms with E-state index in [1.807, 2.05) is 0 Å². The predicted molar refractivity (Wildman–Crippen MR) is 77.5 cm³/mol. The largest absolute Gasteiger partial charge is 0.352 e. The number of aromatic nitrogens is 2. The molecular weight excluding hydrogens is 236 g/mol. The Balaban J connectivity index is 1.71. The van der Waals surface area contributed by atoms with E-state index in [0.717, 1.165) is 25.5 Å². The van der Waals surface area contributed by atoms with E-state index in [2.05, 4.69) is 46.4 Å². The Morgan fingerprint density at radius 1 is 1.21 bits per heavy atom. The molecule has 0 unspecified atom stereocenters. The van der Waals surface area contributed by atoms with Crippen LogP contribution >= 0.6 is 0 Å². The van der Waals surface area contributed by atoms with Crippen LogP contribution in [-0.4, -0.2) is 35.4 Å². The minimum absolute atomic E-state index is 0.157. The first kappa shape index (κ1) is 12.9. The van der Waals surface area contributed by atoms with Gasteiger partial charge >= 0.3 is 0 Å². The van der Waals surface area contributed by atoms with Gasteiger partial charge in [-0.2, -0.15) is 5.10 Å². The van der Waals surface area contributed by atoms with Crippen molar-refractivity contribution in [1.29, 1.82) is 0 Å². The first-order valence-corrected chi connectivity index (χ1v) is 7.48. The number of hydrogen-bond donors (Lipinski definition) is 1. The van der Waals surface area contributed by atoms with Crippen molar-refractivity contribution in [3.05, 3.63) is 17.8 Å². The lowest BCUT2D eigenvalue weighted by atomic mass is 10.0. The van der Waals surface area contributed by atoms with E-state index in [-0.39, 0.29) is 5.54 Å². The highest BCUT2D eigenvalue weighted by Crippen LogP contribution is 2.33. The number of nitrogens with zero attached hydrogens (tertiary/aromatic N) is 3. The molecule has 104 valence electrons. The molecule has 2 fully saturated rings. The standard InChI is InChI=1S/C15H24N4/c1-15(2)11-19(10-9-16-15)14-8-7-13(17-18-14)12-5-3-4-6-12/h7-8,12,16H,3-6,9-11H2,1-2H3. The fourth-order valence-electron chi connectivity index (χ4n) is 3.28. The third-order valence-electron chi connectivity index (χ3n) is 4.34. The molecule has 1 aliphatic heterocycles. The smallest absolute Gasteiger partial charge is 0.151 e. The van der Waals surface area contributed by atoms with Crippen LogP contribution in [0.4, 0.5) is 5.82 Å². The molecule has 0 aromatic carbocycles. The molecule has 1 aromatic heterocycles. The summed E-state index contributed by atoms with van der Waals surface area (Å²) < 4.78 is 0. The fraction of sp³-hybridized carbons (Fsp3) is 0.733. The fourth-order valence-corrected chi connectivity index (χ4v) is 3.28. The average molecular weight is 260 g/mol. The lowest BCUT2D eigenvalue weighted by molar-refractivity contribution is 0.351. The quantitative estimate of drug-likeness (QED) is 0.886. The van der Waals surface area contributed by atoms with Gasteiger partial charge in [0.1, 0.15) is 0 Å². The van der Waals surface area contributed by atoms with Gasteiger partial charge in [0, 0.05) is 31.1 Å². The van der Waals surface area contributed by atoms with Gasteiger partial charge in [0.2, 0.25) is 0 Å². The lowest BCUT2D eigenvalue weighted by Crippen LogP contribution is -2.57. The van der Waals surface area contributed by atoms with Crippen LogP contribution in [0.25, 0.3) is 0 Å². The Hall–Kier alpha value is -1.16. The molecule has 1 aliphatic carbocycles. The Morgan fingerprint density at radius 2 is 2.00 bits per heavy atom. The SMILES string of the molecule is CC1(C)CN(c2ccc(C3CCCC3)nn2)CCN1. The lowest BCUT2D eigenvalue weighted by Gasteiger charge is -2.39. The number of hydrogen-bond acceptors (Lipinski definition) is 4. The molecule has 2 aliphatic rings. The van der Waals surface area contributed by atoms with Crippen molar-refractivity contribution in [1.82, 2.24) is 15.5 Å². The summed E-state index contributed by atoms with van der Waals surface area (Å²) in [4.78, 5) is 2.34. The molecule has 19 heavy (non-hydrogen) atoms. The van der Waals surface area contributed by atoms with Gasteiger partial charge in [-0.3, -0.25) is 0 Å². The average Bonchev–Trinajstić information content (AvgIpc) is 2.92. The van der Waals surface area contributed by atoms with Gasteiger partial charge in [-0.05, 0) is 38.8 Å². The maximum Gasteiger partial charge on any atom is 0.151 e. The monoisotopic (exact) mass is 260 g/mol. The molecule has 1 saturated carbocycles. The van der Waals surface area contributed by atoms with Gasteiger partial charge in [0.25, 0.3) is 0 Å². The first-order valence-electron chi connectivity index (χ1n) is 7.48. The summed E-state index contributed by atoms with van der Waals surface area (Å²) in [6.07, 6.45) is 5.27. The second kappa shape index (κ2) is 5.08. The summed E-state index contributed by atoms with van der Waals surface area (Å²) in [6.45, 7) is 7.49. The summed E-state index contributed by atoms with van der Waals surface area (Å²) in [5, 5.41) is 12.5. The number of rotatable bonds is 2. The zero-order valence-corrected chi connectivity index (χ0v) is 12.0. The summed E-state index contributed by atoms with van der Waals surface area (Å²) in [6, 6.07) is 4.34. The van der Waals surface area contributed by atoms with Crippen LogP contribution < -0.4 is 10.2 Å². The molecule has 0 amide bonds. The van der Waals surface area contributed by atoms with Crippen LogP contribution in [0.2, 0.25) is 0 Å². The Bertz CT molecular complexity index is 420. The van der Waals surface area contributed by atoms with E-state index in [1.165, 1.54) is 31.4 Å². The molecule has 1 aromatic rings. The van der Waals surface area contributed by atoms with Gasteiger partial charge in [-0.1, -0.05) is 12.8 Å². The second-order valence-electron chi connectivity index (χ2n) is 6.53. The molecule has 1 N–H and O–H groups in total. The predicted octanol–water partition coefficient (Wildman–Crippen LogP) is 2.32. The topological polar surface area (TPSA) is 41.1 Å². The third kappa shape index (κ3) is 2.89. The normalized spacial score (nSPS) is 23.8. The van der Waals surface area contributed by atoms with E-state index >= 15 is 0 Å². The van der Waals surface area contributed by atoms with Crippen molar-refractivity contribution in [3.63, 3.8) is 0 Å². The van der Waals surface area contributed by atoms with E-state index in [1.54, 1.807) is 0 Å².